The maximum atomic E-state index is 12.7. The van der Waals surface area contributed by atoms with Crippen LogP contribution < -0.4 is 5.32 Å². The van der Waals surface area contributed by atoms with Gasteiger partial charge in [0.25, 0.3) is 0 Å². The average molecular weight is 291 g/mol. The predicted octanol–water partition coefficient (Wildman–Crippen LogP) is 4.64. The summed E-state index contributed by atoms with van der Waals surface area (Å²) in [5.74, 6) is -0.507. The standard InChI is InChI=1S/C12H7ClF4N2/c13-10-5-7(12(15,16)17)6-11(19-10)18-9-3-1-8(14)2-4-9/h1-6H,(H,18,19). The van der Waals surface area contributed by atoms with E-state index in [1.807, 2.05) is 0 Å². The molecule has 0 aliphatic carbocycles. The van der Waals surface area contributed by atoms with Gasteiger partial charge in [-0.1, -0.05) is 11.6 Å². The SMILES string of the molecule is Fc1ccc(Nc2cc(C(F)(F)F)cc(Cl)n2)cc1. The fourth-order valence-electron chi connectivity index (χ4n) is 1.41. The molecule has 7 heteroatoms. The van der Waals surface area contributed by atoms with E-state index in [9.17, 15) is 17.6 Å². The van der Waals surface area contributed by atoms with Crippen LogP contribution in [0.25, 0.3) is 0 Å². The number of aromatic nitrogens is 1. The second kappa shape index (κ2) is 5.05. The minimum Gasteiger partial charge on any atom is -0.340 e. The normalized spacial score (nSPS) is 11.4. The van der Waals surface area contributed by atoms with Crippen LogP contribution in [-0.2, 0) is 6.18 Å². The molecule has 1 aromatic heterocycles. The van der Waals surface area contributed by atoms with Crippen molar-refractivity contribution in [2.24, 2.45) is 0 Å². The summed E-state index contributed by atoms with van der Waals surface area (Å²) in [6.07, 6.45) is -4.51. The van der Waals surface area contributed by atoms with E-state index in [0.29, 0.717) is 5.69 Å². The van der Waals surface area contributed by atoms with Crippen LogP contribution in [0.2, 0.25) is 5.15 Å². The highest BCUT2D eigenvalue weighted by atomic mass is 35.5. The average Bonchev–Trinajstić information content (AvgIpc) is 2.30. The van der Waals surface area contributed by atoms with Crippen LogP contribution >= 0.6 is 11.6 Å². The zero-order valence-corrected chi connectivity index (χ0v) is 10.1. The van der Waals surface area contributed by atoms with E-state index in [-0.39, 0.29) is 11.0 Å². The van der Waals surface area contributed by atoms with Gasteiger partial charge in [0.05, 0.1) is 5.56 Å². The van der Waals surface area contributed by atoms with Crippen LogP contribution in [0.15, 0.2) is 36.4 Å². The van der Waals surface area contributed by atoms with E-state index in [1.54, 1.807) is 0 Å². The Labute approximate surface area is 111 Å². The number of hydrogen-bond acceptors (Lipinski definition) is 2. The van der Waals surface area contributed by atoms with Crippen LogP contribution in [0, 0.1) is 5.82 Å². The highest BCUT2D eigenvalue weighted by Gasteiger charge is 2.31. The smallest absolute Gasteiger partial charge is 0.340 e. The first-order chi connectivity index (χ1) is 8.84. The van der Waals surface area contributed by atoms with Crippen LogP contribution in [0.4, 0.5) is 29.1 Å². The lowest BCUT2D eigenvalue weighted by atomic mass is 10.2. The first-order valence-corrected chi connectivity index (χ1v) is 5.50. The van der Waals surface area contributed by atoms with E-state index < -0.39 is 17.6 Å². The summed E-state index contributed by atoms with van der Waals surface area (Å²) >= 11 is 5.54. The van der Waals surface area contributed by atoms with E-state index in [1.165, 1.54) is 24.3 Å². The van der Waals surface area contributed by atoms with Crippen LogP contribution in [0.3, 0.4) is 0 Å². The molecule has 0 aliphatic rings. The molecule has 0 spiro atoms. The number of nitrogens with one attached hydrogen (secondary N) is 1. The molecule has 0 atom stereocenters. The molecule has 0 fully saturated rings. The van der Waals surface area contributed by atoms with Crippen LogP contribution in [0.1, 0.15) is 5.56 Å². The molecule has 100 valence electrons. The van der Waals surface area contributed by atoms with Crippen molar-refractivity contribution in [1.82, 2.24) is 4.98 Å². The fourth-order valence-corrected chi connectivity index (χ4v) is 1.61. The minimum absolute atomic E-state index is 0.0635. The van der Waals surface area contributed by atoms with Gasteiger partial charge in [-0.3, -0.25) is 0 Å². The van der Waals surface area contributed by atoms with Gasteiger partial charge in [0.1, 0.15) is 16.8 Å². The van der Waals surface area contributed by atoms with Gasteiger partial charge >= 0.3 is 6.18 Å². The number of benzene rings is 1. The second-order valence-corrected chi connectivity index (χ2v) is 4.08. The summed E-state index contributed by atoms with van der Waals surface area (Å²) in [7, 11) is 0. The molecule has 1 N–H and O–H groups in total. The number of hydrogen-bond donors (Lipinski definition) is 1. The monoisotopic (exact) mass is 290 g/mol. The lowest BCUT2D eigenvalue weighted by molar-refractivity contribution is -0.137. The van der Waals surface area contributed by atoms with E-state index in [0.717, 1.165) is 12.1 Å². The molecule has 2 aromatic rings. The van der Waals surface area contributed by atoms with Gasteiger partial charge in [-0.05, 0) is 36.4 Å². The number of halogens is 5. The molecule has 0 unspecified atom stereocenters. The molecule has 0 saturated heterocycles. The third kappa shape index (κ3) is 3.57. The van der Waals surface area contributed by atoms with Gasteiger partial charge in [0.15, 0.2) is 0 Å². The van der Waals surface area contributed by atoms with Crippen molar-refractivity contribution in [2.75, 3.05) is 5.32 Å². The number of rotatable bonds is 2. The van der Waals surface area contributed by atoms with Crippen molar-refractivity contribution in [1.29, 1.82) is 0 Å². The third-order valence-electron chi connectivity index (χ3n) is 2.24. The van der Waals surface area contributed by atoms with Crippen molar-refractivity contribution in [3.63, 3.8) is 0 Å². The molecule has 2 rings (SSSR count). The summed E-state index contributed by atoms with van der Waals surface area (Å²) in [4.78, 5) is 3.73. The minimum atomic E-state index is -4.51. The van der Waals surface area contributed by atoms with E-state index >= 15 is 0 Å². The molecule has 19 heavy (non-hydrogen) atoms. The highest BCUT2D eigenvalue weighted by molar-refractivity contribution is 6.29. The topological polar surface area (TPSA) is 24.9 Å². The number of pyridine rings is 1. The largest absolute Gasteiger partial charge is 0.416 e. The van der Waals surface area contributed by atoms with Gasteiger partial charge < -0.3 is 5.32 Å². The zero-order chi connectivity index (χ0) is 14.0. The molecule has 0 radical (unpaired) electrons. The van der Waals surface area contributed by atoms with Crippen molar-refractivity contribution in [2.45, 2.75) is 6.18 Å². The van der Waals surface area contributed by atoms with E-state index in [4.69, 9.17) is 11.6 Å². The number of nitrogens with zero attached hydrogens (tertiary/aromatic N) is 1. The number of anilines is 2. The van der Waals surface area contributed by atoms with Gasteiger partial charge in [0, 0.05) is 5.69 Å². The molecule has 1 heterocycles. The van der Waals surface area contributed by atoms with Crippen molar-refractivity contribution < 1.29 is 17.6 Å². The lowest BCUT2D eigenvalue weighted by Gasteiger charge is -2.10. The Morgan fingerprint density at radius 1 is 1.05 bits per heavy atom. The van der Waals surface area contributed by atoms with Crippen molar-refractivity contribution in [3.05, 3.63) is 52.9 Å². The summed E-state index contributed by atoms with van der Waals surface area (Å²) in [5, 5.41) is 2.34. The molecule has 0 saturated carbocycles. The molecule has 0 aliphatic heterocycles. The Hall–Kier alpha value is -1.82. The highest BCUT2D eigenvalue weighted by Crippen LogP contribution is 2.32. The first-order valence-electron chi connectivity index (χ1n) is 5.12. The van der Waals surface area contributed by atoms with Crippen molar-refractivity contribution >= 4 is 23.1 Å². The molecule has 0 bridgehead atoms. The van der Waals surface area contributed by atoms with Crippen LogP contribution in [-0.4, -0.2) is 4.98 Å². The molecule has 2 nitrogen and oxygen atoms in total. The Kier molecular flexibility index (Phi) is 3.61. The Morgan fingerprint density at radius 3 is 2.26 bits per heavy atom. The van der Waals surface area contributed by atoms with Gasteiger partial charge in [0.2, 0.25) is 0 Å². The van der Waals surface area contributed by atoms with Crippen LogP contribution in [0.5, 0.6) is 0 Å². The Bertz CT molecular complexity index is 581. The molecule has 0 amide bonds. The Morgan fingerprint density at radius 2 is 1.68 bits per heavy atom. The quantitative estimate of drug-likeness (QED) is 0.644. The second-order valence-electron chi connectivity index (χ2n) is 3.69. The summed E-state index contributed by atoms with van der Waals surface area (Å²) in [5.41, 5.74) is -0.499. The zero-order valence-electron chi connectivity index (χ0n) is 9.30. The van der Waals surface area contributed by atoms with Gasteiger partial charge in [-0.2, -0.15) is 13.2 Å². The lowest BCUT2D eigenvalue weighted by Crippen LogP contribution is -2.06. The predicted molar refractivity (Wildman–Crippen MR) is 63.9 cm³/mol. The van der Waals surface area contributed by atoms with Gasteiger partial charge in [-0.15, -0.1) is 0 Å². The Balaban J connectivity index is 2.30. The maximum Gasteiger partial charge on any atom is 0.416 e. The first kappa shape index (κ1) is 13.6. The third-order valence-corrected chi connectivity index (χ3v) is 2.43. The maximum absolute atomic E-state index is 12.7. The summed E-state index contributed by atoms with van der Waals surface area (Å²) in [6.45, 7) is 0. The van der Waals surface area contributed by atoms with Gasteiger partial charge in [-0.25, -0.2) is 9.37 Å². The summed E-state index contributed by atoms with van der Waals surface area (Å²) < 4.78 is 50.4. The molecule has 1 aromatic carbocycles. The molecular formula is C12H7ClF4N2. The summed E-state index contributed by atoms with van der Waals surface area (Å²) in [6, 6.07) is 6.68. The number of alkyl halides is 3. The fraction of sp³-hybridized carbons (Fsp3) is 0.0833. The van der Waals surface area contributed by atoms with E-state index in [2.05, 4.69) is 10.3 Å². The van der Waals surface area contributed by atoms with Crippen molar-refractivity contribution in [3.8, 4) is 0 Å². The molecular weight excluding hydrogens is 284 g/mol.